The van der Waals surface area contributed by atoms with E-state index in [4.69, 9.17) is 4.74 Å². The minimum atomic E-state index is -0.684. The highest BCUT2D eigenvalue weighted by molar-refractivity contribution is 5.93. The van der Waals surface area contributed by atoms with Crippen LogP contribution in [0.5, 0.6) is 0 Å². The van der Waals surface area contributed by atoms with Crippen LogP contribution < -0.4 is 0 Å². The van der Waals surface area contributed by atoms with Crippen molar-refractivity contribution in [1.82, 2.24) is 19.6 Å². The van der Waals surface area contributed by atoms with E-state index in [-0.39, 0.29) is 17.9 Å². The molecule has 4 atom stereocenters. The summed E-state index contributed by atoms with van der Waals surface area (Å²) in [6.07, 6.45) is 7.29. The van der Waals surface area contributed by atoms with Gasteiger partial charge in [0.25, 0.3) is 0 Å². The van der Waals surface area contributed by atoms with E-state index in [0.29, 0.717) is 19.6 Å². The van der Waals surface area contributed by atoms with Gasteiger partial charge in [0.15, 0.2) is 0 Å². The van der Waals surface area contributed by atoms with Crippen LogP contribution in [0.4, 0.5) is 0 Å². The normalized spacial score (nSPS) is 28.5. The lowest BCUT2D eigenvalue weighted by Crippen LogP contribution is -2.44. The Balaban J connectivity index is 1.35. The summed E-state index contributed by atoms with van der Waals surface area (Å²) in [6.45, 7) is 5.65. The lowest BCUT2D eigenvalue weighted by atomic mass is 9.76. The molecular formula is C24H28N4O3. The maximum Gasteiger partial charge on any atom is 0.230 e. The molecule has 3 aliphatic rings. The summed E-state index contributed by atoms with van der Waals surface area (Å²) in [5.74, 6) is -0.980. The van der Waals surface area contributed by atoms with Gasteiger partial charge in [0.1, 0.15) is 5.60 Å². The van der Waals surface area contributed by atoms with Crippen molar-refractivity contribution in [2.24, 2.45) is 18.9 Å². The van der Waals surface area contributed by atoms with E-state index in [1.54, 1.807) is 22.8 Å². The van der Waals surface area contributed by atoms with E-state index in [9.17, 15) is 9.59 Å². The lowest BCUT2D eigenvalue weighted by molar-refractivity contribution is -0.142. The van der Waals surface area contributed by atoms with E-state index in [0.717, 1.165) is 11.1 Å². The molecule has 31 heavy (non-hydrogen) atoms. The molecule has 2 saturated heterocycles. The zero-order valence-electron chi connectivity index (χ0n) is 18.4. The Morgan fingerprint density at radius 3 is 2.81 bits per heavy atom. The van der Waals surface area contributed by atoms with Gasteiger partial charge in [-0.05, 0) is 30.5 Å². The molecular weight excluding hydrogens is 392 g/mol. The largest absolute Gasteiger partial charge is 0.360 e. The number of aryl methyl sites for hydroxylation is 3. The van der Waals surface area contributed by atoms with Gasteiger partial charge in [0, 0.05) is 38.9 Å². The Kier molecular flexibility index (Phi) is 4.55. The van der Waals surface area contributed by atoms with Gasteiger partial charge >= 0.3 is 0 Å². The molecule has 0 aliphatic carbocycles. The number of nitrogens with zero attached hydrogens (tertiary/aromatic N) is 4. The Bertz CT molecular complexity index is 1090. The number of carbonyl (C=O) groups is 2. The second-order valence-corrected chi connectivity index (χ2v) is 9.23. The Labute approximate surface area is 182 Å². The Hall–Kier alpha value is -2.93. The van der Waals surface area contributed by atoms with E-state index >= 15 is 0 Å². The number of fused-ring (bicyclic) bond motifs is 1. The molecule has 1 spiro atoms. The van der Waals surface area contributed by atoms with E-state index in [2.05, 4.69) is 37.1 Å². The highest BCUT2D eigenvalue weighted by Gasteiger charge is 2.67. The summed E-state index contributed by atoms with van der Waals surface area (Å²) < 4.78 is 7.99. The number of rotatable bonds is 5. The average Bonchev–Trinajstić information content (AvgIpc) is 3.46. The molecule has 162 valence electrons. The van der Waals surface area contributed by atoms with Gasteiger partial charge in [-0.25, -0.2) is 0 Å². The summed E-state index contributed by atoms with van der Waals surface area (Å²) in [7, 11) is 3.63. The molecule has 1 aromatic heterocycles. The van der Waals surface area contributed by atoms with E-state index < -0.39 is 17.4 Å². The van der Waals surface area contributed by atoms with Gasteiger partial charge in [0.05, 0.1) is 30.7 Å². The van der Waals surface area contributed by atoms with Crippen LogP contribution in [0.2, 0.25) is 0 Å². The fourth-order valence-electron chi connectivity index (χ4n) is 5.28. The zero-order valence-corrected chi connectivity index (χ0v) is 18.4. The van der Waals surface area contributed by atoms with Gasteiger partial charge in [0.2, 0.25) is 11.8 Å². The molecule has 0 radical (unpaired) electrons. The summed E-state index contributed by atoms with van der Waals surface area (Å²) in [5.41, 5.74) is 3.82. The van der Waals surface area contributed by atoms with Crippen LogP contribution in [0, 0.1) is 25.7 Å². The number of amides is 2. The molecule has 7 nitrogen and oxygen atoms in total. The van der Waals surface area contributed by atoms with Crippen molar-refractivity contribution in [3.05, 3.63) is 65.0 Å². The molecule has 2 unspecified atom stereocenters. The molecule has 2 fully saturated rings. The molecule has 2 bridgehead atoms. The predicted molar refractivity (Wildman–Crippen MR) is 115 cm³/mol. The van der Waals surface area contributed by atoms with E-state index in [1.165, 1.54) is 11.1 Å². The summed E-state index contributed by atoms with van der Waals surface area (Å²) >= 11 is 0. The highest BCUT2D eigenvalue weighted by atomic mass is 16.5. The van der Waals surface area contributed by atoms with Crippen LogP contribution in [0.25, 0.3) is 0 Å². The third kappa shape index (κ3) is 3.19. The number of carbonyl (C=O) groups excluding carboxylic acids is 2. The van der Waals surface area contributed by atoms with Crippen LogP contribution in [0.15, 0.2) is 42.7 Å². The zero-order chi connectivity index (χ0) is 21.9. The molecule has 3 aliphatic heterocycles. The first kappa shape index (κ1) is 20.0. The second-order valence-electron chi connectivity index (χ2n) is 9.23. The number of hydrogen-bond acceptors (Lipinski definition) is 4. The minimum absolute atomic E-state index is 0.0122. The highest BCUT2D eigenvalue weighted by Crippen LogP contribution is 2.52. The maximum atomic E-state index is 13.5. The van der Waals surface area contributed by atoms with Crippen LogP contribution in [-0.4, -0.2) is 56.7 Å². The van der Waals surface area contributed by atoms with Crippen molar-refractivity contribution in [2.75, 3.05) is 13.6 Å². The number of likely N-dealkylation sites (tertiary alicyclic amines) is 1. The molecule has 7 heteroatoms. The van der Waals surface area contributed by atoms with Gasteiger partial charge in [-0.2, -0.15) is 5.10 Å². The molecule has 1 aromatic carbocycles. The Morgan fingerprint density at radius 2 is 2.10 bits per heavy atom. The predicted octanol–water partition coefficient (Wildman–Crippen LogP) is 1.98. The van der Waals surface area contributed by atoms with Crippen molar-refractivity contribution in [3.63, 3.8) is 0 Å². The third-order valence-electron chi connectivity index (χ3n) is 6.96. The van der Waals surface area contributed by atoms with E-state index in [1.807, 2.05) is 30.3 Å². The van der Waals surface area contributed by atoms with Crippen LogP contribution in [-0.2, 0) is 34.5 Å². The maximum absolute atomic E-state index is 13.5. The Morgan fingerprint density at radius 1 is 1.29 bits per heavy atom. The van der Waals surface area contributed by atoms with Gasteiger partial charge in [-0.1, -0.05) is 30.4 Å². The number of hydrogen-bond donors (Lipinski definition) is 0. The fourth-order valence-corrected chi connectivity index (χ4v) is 5.28. The van der Waals surface area contributed by atoms with Crippen LogP contribution in [0.1, 0.15) is 22.3 Å². The smallest absolute Gasteiger partial charge is 0.230 e. The van der Waals surface area contributed by atoms with Gasteiger partial charge in [-0.15, -0.1) is 0 Å². The summed E-state index contributed by atoms with van der Waals surface area (Å²) in [5, 5.41) is 4.17. The summed E-state index contributed by atoms with van der Waals surface area (Å²) in [4.78, 5) is 30.4. The SMILES string of the molecule is Cc1ccc(CN2C[C@]34C=C[C@H](O3)C(C(=O)N(C)Cc3cnn(C)c3)C4C2=O)cc1C. The van der Waals surface area contributed by atoms with Crippen molar-refractivity contribution in [1.29, 1.82) is 0 Å². The molecule has 2 aromatic rings. The quantitative estimate of drug-likeness (QED) is 0.694. The first-order valence-corrected chi connectivity index (χ1v) is 10.7. The van der Waals surface area contributed by atoms with Crippen LogP contribution in [0.3, 0.4) is 0 Å². The minimum Gasteiger partial charge on any atom is -0.360 e. The third-order valence-corrected chi connectivity index (χ3v) is 6.96. The molecule has 2 amide bonds. The van der Waals surface area contributed by atoms with Gasteiger partial charge in [-0.3, -0.25) is 14.3 Å². The molecule has 0 saturated carbocycles. The van der Waals surface area contributed by atoms with Crippen molar-refractivity contribution >= 4 is 11.8 Å². The first-order valence-electron chi connectivity index (χ1n) is 10.7. The second kappa shape index (κ2) is 7.05. The van der Waals surface area contributed by atoms with Crippen molar-refractivity contribution < 1.29 is 14.3 Å². The topological polar surface area (TPSA) is 67.7 Å². The molecule has 5 rings (SSSR count). The number of benzene rings is 1. The summed E-state index contributed by atoms with van der Waals surface area (Å²) in [6, 6.07) is 6.29. The first-order chi connectivity index (χ1) is 14.8. The van der Waals surface area contributed by atoms with Crippen LogP contribution >= 0.6 is 0 Å². The molecule has 0 N–H and O–H groups in total. The lowest BCUT2D eigenvalue weighted by Gasteiger charge is -2.27. The van der Waals surface area contributed by atoms with Gasteiger partial charge < -0.3 is 14.5 Å². The fraction of sp³-hybridized carbons (Fsp3) is 0.458. The van der Waals surface area contributed by atoms with Crippen molar-refractivity contribution in [3.8, 4) is 0 Å². The number of ether oxygens (including phenoxy) is 1. The van der Waals surface area contributed by atoms with Crippen molar-refractivity contribution in [2.45, 2.75) is 38.6 Å². The standard InChI is InChI=1S/C24H28N4O3/c1-15-5-6-17(9-16(15)2)13-28-14-24-8-7-19(31-24)20(21(24)23(28)30)22(29)26(3)11-18-10-25-27(4)12-18/h5-10,12,19-21H,11,13-14H2,1-4H3/t19-,20?,21?,24-/m0/s1. The molecule has 4 heterocycles. The average molecular weight is 421 g/mol. The monoisotopic (exact) mass is 420 g/mol. The number of aromatic nitrogens is 2.